The fourth-order valence-corrected chi connectivity index (χ4v) is 3.68. The summed E-state index contributed by atoms with van der Waals surface area (Å²) in [6.07, 6.45) is 0. The lowest BCUT2D eigenvalue weighted by Gasteiger charge is -2.31. The van der Waals surface area contributed by atoms with E-state index in [0.29, 0.717) is 31.1 Å². The molecule has 0 radical (unpaired) electrons. The largest absolute Gasteiger partial charge is 0.497 e. The third kappa shape index (κ3) is 3.56. The molecule has 4 rings (SSSR count). The molecule has 0 fully saturated rings. The van der Waals surface area contributed by atoms with E-state index in [1.807, 2.05) is 56.3 Å². The summed E-state index contributed by atoms with van der Waals surface area (Å²) in [4.78, 5) is 29.8. The van der Waals surface area contributed by atoms with E-state index in [9.17, 15) is 9.59 Å². The SMILES string of the molecule is COc1ccc(CN2CNc3c(c(=O)[nH]c(=O)n3-c3cccc(C)c3C)C2)cc1. The number of ether oxygens (including phenoxy) is 1. The number of aryl methyl sites for hydroxylation is 1. The highest BCUT2D eigenvalue weighted by Crippen LogP contribution is 2.25. The van der Waals surface area contributed by atoms with E-state index in [1.165, 1.54) is 0 Å². The first-order valence-electron chi connectivity index (χ1n) is 9.52. The quantitative estimate of drug-likeness (QED) is 0.713. The molecule has 0 amide bonds. The highest BCUT2D eigenvalue weighted by Gasteiger charge is 2.24. The second-order valence-electron chi connectivity index (χ2n) is 7.31. The van der Waals surface area contributed by atoms with Gasteiger partial charge in [0.05, 0.1) is 25.0 Å². The molecular formula is C22H24N4O3. The zero-order chi connectivity index (χ0) is 20.5. The Morgan fingerprint density at radius 1 is 1.07 bits per heavy atom. The summed E-state index contributed by atoms with van der Waals surface area (Å²) >= 11 is 0. The smallest absolute Gasteiger partial charge is 0.334 e. The van der Waals surface area contributed by atoms with Gasteiger partial charge in [-0.25, -0.2) is 9.36 Å². The Hall–Kier alpha value is -3.32. The molecular weight excluding hydrogens is 368 g/mol. The highest BCUT2D eigenvalue weighted by molar-refractivity contribution is 5.55. The van der Waals surface area contributed by atoms with Crippen LogP contribution in [0.15, 0.2) is 52.1 Å². The van der Waals surface area contributed by atoms with Crippen LogP contribution in [-0.2, 0) is 13.1 Å². The van der Waals surface area contributed by atoms with Gasteiger partial charge in [-0.2, -0.15) is 0 Å². The minimum absolute atomic E-state index is 0.349. The van der Waals surface area contributed by atoms with Crippen molar-refractivity contribution < 1.29 is 4.74 Å². The summed E-state index contributed by atoms with van der Waals surface area (Å²) in [6.45, 7) is 5.65. The molecule has 2 heterocycles. The number of H-pyrrole nitrogens is 1. The van der Waals surface area contributed by atoms with E-state index < -0.39 is 5.69 Å². The van der Waals surface area contributed by atoms with Gasteiger partial charge in [-0.15, -0.1) is 0 Å². The molecule has 7 heteroatoms. The normalized spacial score (nSPS) is 13.6. The van der Waals surface area contributed by atoms with E-state index >= 15 is 0 Å². The summed E-state index contributed by atoms with van der Waals surface area (Å²) in [5, 5.41) is 3.30. The van der Waals surface area contributed by atoms with Crippen molar-refractivity contribution in [3.8, 4) is 11.4 Å². The summed E-state index contributed by atoms with van der Waals surface area (Å²) in [6, 6.07) is 13.7. The molecule has 0 spiro atoms. The molecule has 1 aromatic heterocycles. The maximum atomic E-state index is 12.7. The minimum atomic E-state index is -0.432. The summed E-state index contributed by atoms with van der Waals surface area (Å²) in [5.74, 6) is 1.38. The van der Waals surface area contributed by atoms with Gasteiger partial charge in [-0.3, -0.25) is 14.7 Å². The van der Waals surface area contributed by atoms with Gasteiger partial charge in [0.1, 0.15) is 11.6 Å². The van der Waals surface area contributed by atoms with Crippen LogP contribution in [0.4, 0.5) is 5.82 Å². The lowest BCUT2D eigenvalue weighted by atomic mass is 10.1. The first-order chi connectivity index (χ1) is 14.0. The number of anilines is 1. The molecule has 150 valence electrons. The van der Waals surface area contributed by atoms with Crippen molar-refractivity contribution in [2.24, 2.45) is 0 Å². The van der Waals surface area contributed by atoms with Crippen LogP contribution in [-0.4, -0.2) is 28.2 Å². The van der Waals surface area contributed by atoms with Crippen molar-refractivity contribution in [1.29, 1.82) is 0 Å². The average Bonchev–Trinajstić information content (AvgIpc) is 2.72. The monoisotopic (exact) mass is 392 g/mol. The third-order valence-electron chi connectivity index (χ3n) is 5.44. The Morgan fingerprint density at radius 2 is 1.83 bits per heavy atom. The summed E-state index contributed by atoms with van der Waals surface area (Å²) < 4.78 is 6.78. The molecule has 0 aliphatic carbocycles. The molecule has 1 aliphatic heterocycles. The Balaban J connectivity index is 1.69. The van der Waals surface area contributed by atoms with Crippen LogP contribution in [0.5, 0.6) is 5.75 Å². The predicted molar refractivity (Wildman–Crippen MR) is 113 cm³/mol. The molecule has 0 bridgehead atoms. The molecule has 7 nitrogen and oxygen atoms in total. The molecule has 29 heavy (non-hydrogen) atoms. The standard InChI is InChI=1S/C22H24N4O3/c1-14-5-4-6-19(15(14)2)26-20-18(21(27)24-22(26)28)12-25(13-23-20)11-16-7-9-17(29-3)10-8-16/h4-10,23H,11-13H2,1-3H3,(H,24,27,28). The zero-order valence-electron chi connectivity index (χ0n) is 16.8. The third-order valence-corrected chi connectivity index (χ3v) is 5.44. The number of hydrogen-bond donors (Lipinski definition) is 2. The number of methoxy groups -OCH3 is 1. The lowest BCUT2D eigenvalue weighted by Crippen LogP contribution is -2.42. The maximum Gasteiger partial charge on any atom is 0.334 e. The van der Waals surface area contributed by atoms with Crippen molar-refractivity contribution in [3.05, 3.63) is 85.6 Å². The maximum absolute atomic E-state index is 12.7. The number of aromatic amines is 1. The van der Waals surface area contributed by atoms with Gasteiger partial charge >= 0.3 is 5.69 Å². The van der Waals surface area contributed by atoms with Crippen molar-refractivity contribution in [3.63, 3.8) is 0 Å². The Labute approximate surface area is 168 Å². The molecule has 0 unspecified atom stereocenters. The molecule has 0 saturated carbocycles. The molecule has 2 aromatic carbocycles. The Morgan fingerprint density at radius 3 is 2.55 bits per heavy atom. The number of rotatable bonds is 4. The molecule has 3 aromatic rings. The Bertz CT molecular complexity index is 1160. The first-order valence-corrected chi connectivity index (χ1v) is 9.52. The number of nitrogens with one attached hydrogen (secondary N) is 2. The van der Waals surface area contributed by atoms with Crippen LogP contribution < -0.4 is 21.3 Å². The van der Waals surface area contributed by atoms with E-state index in [-0.39, 0.29) is 5.56 Å². The number of nitrogens with zero attached hydrogens (tertiary/aromatic N) is 2. The molecule has 2 N–H and O–H groups in total. The van der Waals surface area contributed by atoms with Gasteiger partial charge in [-0.05, 0) is 48.7 Å². The van der Waals surface area contributed by atoms with Gasteiger partial charge < -0.3 is 10.1 Å². The van der Waals surface area contributed by atoms with Gasteiger partial charge in [-0.1, -0.05) is 24.3 Å². The lowest BCUT2D eigenvalue weighted by molar-refractivity contribution is 0.263. The fourth-order valence-electron chi connectivity index (χ4n) is 3.68. The van der Waals surface area contributed by atoms with Crippen molar-refractivity contribution in [2.75, 3.05) is 19.1 Å². The van der Waals surface area contributed by atoms with Crippen LogP contribution >= 0.6 is 0 Å². The van der Waals surface area contributed by atoms with E-state index in [4.69, 9.17) is 4.74 Å². The zero-order valence-corrected chi connectivity index (χ0v) is 16.8. The van der Waals surface area contributed by atoms with Crippen LogP contribution in [0.2, 0.25) is 0 Å². The van der Waals surface area contributed by atoms with Crippen molar-refractivity contribution >= 4 is 5.82 Å². The van der Waals surface area contributed by atoms with Crippen LogP contribution in [0, 0.1) is 13.8 Å². The van der Waals surface area contributed by atoms with Crippen LogP contribution in [0.1, 0.15) is 22.3 Å². The number of hydrogen-bond acceptors (Lipinski definition) is 5. The van der Waals surface area contributed by atoms with Gasteiger partial charge in [0.25, 0.3) is 5.56 Å². The average molecular weight is 392 g/mol. The Kier molecular flexibility index (Phi) is 4.98. The van der Waals surface area contributed by atoms with E-state index in [0.717, 1.165) is 28.1 Å². The summed E-state index contributed by atoms with van der Waals surface area (Å²) in [7, 11) is 1.64. The van der Waals surface area contributed by atoms with Gasteiger partial charge in [0.2, 0.25) is 0 Å². The van der Waals surface area contributed by atoms with E-state index in [2.05, 4.69) is 15.2 Å². The van der Waals surface area contributed by atoms with Crippen molar-refractivity contribution in [1.82, 2.24) is 14.5 Å². The van der Waals surface area contributed by atoms with Crippen LogP contribution in [0.25, 0.3) is 5.69 Å². The molecule has 0 atom stereocenters. The van der Waals surface area contributed by atoms with Gasteiger partial charge in [0, 0.05) is 13.1 Å². The summed E-state index contributed by atoms with van der Waals surface area (Å²) in [5.41, 5.74) is 3.77. The molecule has 0 saturated heterocycles. The highest BCUT2D eigenvalue weighted by atomic mass is 16.5. The number of fused-ring (bicyclic) bond motifs is 1. The van der Waals surface area contributed by atoms with E-state index in [1.54, 1.807) is 11.7 Å². The number of benzene rings is 2. The fraction of sp³-hybridized carbons (Fsp3) is 0.273. The number of aromatic nitrogens is 2. The second-order valence-corrected chi connectivity index (χ2v) is 7.31. The second kappa shape index (κ2) is 7.60. The first kappa shape index (κ1) is 19.0. The van der Waals surface area contributed by atoms with Gasteiger partial charge in [0.15, 0.2) is 0 Å². The van der Waals surface area contributed by atoms with Crippen LogP contribution in [0.3, 0.4) is 0 Å². The molecule has 1 aliphatic rings. The van der Waals surface area contributed by atoms with Crippen molar-refractivity contribution in [2.45, 2.75) is 26.9 Å². The topological polar surface area (TPSA) is 79.4 Å². The predicted octanol–water partition coefficient (Wildman–Crippen LogP) is 2.54. The minimum Gasteiger partial charge on any atom is -0.497 e.